The minimum absolute atomic E-state index is 0.132. The summed E-state index contributed by atoms with van der Waals surface area (Å²) in [7, 11) is 0. The SMILES string of the molecule is CCC1(CC)OC(CC2=N[C@H](C)C(CC)(CC)O2)=N[C@@H]1C. The van der Waals surface area contributed by atoms with Crippen LogP contribution in [0.4, 0.5) is 0 Å². The van der Waals surface area contributed by atoms with Crippen LogP contribution in [0.5, 0.6) is 0 Å². The van der Waals surface area contributed by atoms with E-state index in [9.17, 15) is 0 Å². The Hall–Kier alpha value is -1.06. The summed E-state index contributed by atoms with van der Waals surface area (Å²) in [4.78, 5) is 9.41. The smallest absolute Gasteiger partial charge is 0.193 e. The lowest BCUT2D eigenvalue weighted by Crippen LogP contribution is -2.38. The van der Waals surface area contributed by atoms with E-state index in [-0.39, 0.29) is 23.3 Å². The summed E-state index contributed by atoms with van der Waals surface area (Å²) in [6, 6.07) is 0.424. The topological polar surface area (TPSA) is 43.2 Å². The maximum absolute atomic E-state index is 6.18. The van der Waals surface area contributed by atoms with Gasteiger partial charge in [0.2, 0.25) is 0 Å². The molecule has 2 heterocycles. The van der Waals surface area contributed by atoms with Gasteiger partial charge in [0.15, 0.2) is 11.8 Å². The van der Waals surface area contributed by atoms with E-state index in [2.05, 4.69) is 41.5 Å². The summed E-state index contributed by atoms with van der Waals surface area (Å²) in [5.41, 5.74) is -0.264. The molecule has 0 aromatic heterocycles. The molecule has 4 nitrogen and oxygen atoms in total. The minimum atomic E-state index is -0.132. The van der Waals surface area contributed by atoms with Crippen LogP contribution in [0.15, 0.2) is 9.98 Å². The zero-order valence-corrected chi connectivity index (χ0v) is 14.4. The van der Waals surface area contributed by atoms with Crippen LogP contribution in [0.25, 0.3) is 0 Å². The molecule has 120 valence electrons. The zero-order chi connectivity index (χ0) is 15.7. The van der Waals surface area contributed by atoms with Crippen LogP contribution in [-0.2, 0) is 9.47 Å². The van der Waals surface area contributed by atoms with Crippen molar-refractivity contribution in [3.63, 3.8) is 0 Å². The quantitative estimate of drug-likeness (QED) is 0.739. The number of rotatable bonds is 6. The Balaban J connectivity index is 2.05. The average Bonchev–Trinajstić information content (AvgIpc) is 2.97. The van der Waals surface area contributed by atoms with Gasteiger partial charge in [-0.1, -0.05) is 27.7 Å². The molecule has 0 radical (unpaired) electrons. The third-order valence-corrected chi connectivity index (χ3v) is 5.54. The fourth-order valence-corrected chi connectivity index (χ4v) is 3.62. The number of hydrogen-bond donors (Lipinski definition) is 0. The van der Waals surface area contributed by atoms with E-state index in [1.165, 1.54) is 0 Å². The van der Waals surface area contributed by atoms with Crippen molar-refractivity contribution >= 4 is 11.8 Å². The first-order valence-corrected chi connectivity index (χ1v) is 8.46. The second-order valence-corrected chi connectivity index (χ2v) is 6.32. The van der Waals surface area contributed by atoms with Crippen molar-refractivity contribution in [3.8, 4) is 0 Å². The normalized spacial score (nSPS) is 29.6. The molecule has 2 rings (SSSR count). The van der Waals surface area contributed by atoms with Gasteiger partial charge in [-0.2, -0.15) is 0 Å². The first kappa shape index (κ1) is 16.3. The van der Waals surface area contributed by atoms with Crippen LogP contribution in [-0.4, -0.2) is 35.1 Å². The predicted molar refractivity (Wildman–Crippen MR) is 87.2 cm³/mol. The van der Waals surface area contributed by atoms with Crippen LogP contribution in [0.2, 0.25) is 0 Å². The van der Waals surface area contributed by atoms with Gasteiger partial charge in [-0.3, -0.25) is 0 Å². The molecule has 21 heavy (non-hydrogen) atoms. The highest BCUT2D eigenvalue weighted by Crippen LogP contribution is 2.36. The van der Waals surface area contributed by atoms with Crippen molar-refractivity contribution in [3.05, 3.63) is 0 Å². The molecule has 0 spiro atoms. The van der Waals surface area contributed by atoms with Crippen molar-refractivity contribution in [1.82, 2.24) is 0 Å². The van der Waals surface area contributed by atoms with Gasteiger partial charge >= 0.3 is 0 Å². The van der Waals surface area contributed by atoms with Gasteiger partial charge < -0.3 is 9.47 Å². The number of nitrogens with zero attached hydrogens (tertiary/aromatic N) is 2. The van der Waals surface area contributed by atoms with Crippen molar-refractivity contribution in [1.29, 1.82) is 0 Å². The second kappa shape index (κ2) is 5.98. The lowest BCUT2D eigenvalue weighted by atomic mass is 9.90. The molecule has 0 aromatic rings. The predicted octanol–water partition coefficient (Wildman–Crippen LogP) is 4.13. The van der Waals surface area contributed by atoms with Crippen molar-refractivity contribution in [2.75, 3.05) is 0 Å². The Kier molecular flexibility index (Phi) is 4.64. The zero-order valence-electron chi connectivity index (χ0n) is 14.4. The first-order chi connectivity index (χ1) is 9.95. The van der Waals surface area contributed by atoms with Gasteiger partial charge in [-0.25, -0.2) is 9.98 Å². The lowest BCUT2D eigenvalue weighted by Gasteiger charge is -2.30. The maximum Gasteiger partial charge on any atom is 0.193 e. The van der Waals surface area contributed by atoms with E-state index < -0.39 is 0 Å². The Labute approximate surface area is 129 Å². The molecule has 2 atom stereocenters. The molecule has 4 heteroatoms. The lowest BCUT2D eigenvalue weighted by molar-refractivity contribution is 0.0441. The largest absolute Gasteiger partial charge is 0.472 e. The monoisotopic (exact) mass is 294 g/mol. The van der Waals surface area contributed by atoms with Crippen LogP contribution in [0.3, 0.4) is 0 Å². The molecule has 2 aliphatic heterocycles. The molecular formula is C17H30N2O2. The van der Waals surface area contributed by atoms with Crippen molar-refractivity contribution in [2.45, 2.75) is 96.9 Å². The van der Waals surface area contributed by atoms with Gasteiger partial charge in [-0.05, 0) is 39.5 Å². The molecule has 0 amide bonds. The van der Waals surface area contributed by atoms with Crippen molar-refractivity contribution < 1.29 is 9.47 Å². The number of hydrogen-bond acceptors (Lipinski definition) is 4. The Bertz CT molecular complexity index is 394. The molecule has 0 aromatic carbocycles. The van der Waals surface area contributed by atoms with E-state index in [1.54, 1.807) is 0 Å². The summed E-state index contributed by atoms with van der Waals surface area (Å²) >= 11 is 0. The van der Waals surface area contributed by atoms with Gasteiger partial charge in [0.1, 0.15) is 11.2 Å². The van der Waals surface area contributed by atoms with E-state index in [4.69, 9.17) is 19.5 Å². The summed E-state index contributed by atoms with van der Waals surface area (Å²) in [6.45, 7) is 13.0. The molecule has 0 saturated heterocycles. The van der Waals surface area contributed by atoms with Crippen LogP contribution >= 0.6 is 0 Å². The Morgan fingerprint density at radius 3 is 1.33 bits per heavy atom. The minimum Gasteiger partial charge on any atom is -0.472 e. The van der Waals surface area contributed by atoms with E-state index in [1.807, 2.05) is 0 Å². The highest BCUT2D eigenvalue weighted by molar-refractivity contribution is 5.98. The molecule has 0 saturated carbocycles. The Morgan fingerprint density at radius 1 is 0.762 bits per heavy atom. The van der Waals surface area contributed by atoms with Gasteiger partial charge in [0.05, 0.1) is 18.5 Å². The van der Waals surface area contributed by atoms with Gasteiger partial charge in [-0.15, -0.1) is 0 Å². The molecule has 0 aliphatic carbocycles. The molecule has 2 aliphatic rings. The van der Waals surface area contributed by atoms with Crippen LogP contribution in [0, 0.1) is 0 Å². The number of ether oxygens (including phenoxy) is 2. The van der Waals surface area contributed by atoms with Gasteiger partial charge in [0, 0.05) is 0 Å². The highest BCUT2D eigenvalue weighted by Gasteiger charge is 2.44. The summed E-state index contributed by atoms with van der Waals surface area (Å²) < 4.78 is 12.4. The fraction of sp³-hybridized carbons (Fsp3) is 0.882. The number of aliphatic imine (C=N–C) groups is 2. The Morgan fingerprint density at radius 2 is 1.10 bits per heavy atom. The molecule has 0 N–H and O–H groups in total. The molecule has 0 fully saturated rings. The van der Waals surface area contributed by atoms with E-state index >= 15 is 0 Å². The summed E-state index contributed by atoms with van der Waals surface area (Å²) in [5.74, 6) is 1.58. The molecule has 0 unspecified atom stereocenters. The summed E-state index contributed by atoms with van der Waals surface area (Å²) in [5, 5.41) is 0. The maximum atomic E-state index is 6.18. The van der Waals surface area contributed by atoms with E-state index in [0.29, 0.717) is 6.42 Å². The van der Waals surface area contributed by atoms with Gasteiger partial charge in [0.25, 0.3) is 0 Å². The van der Waals surface area contributed by atoms with Crippen LogP contribution < -0.4 is 0 Å². The second-order valence-electron chi connectivity index (χ2n) is 6.32. The van der Waals surface area contributed by atoms with Crippen LogP contribution in [0.1, 0.15) is 73.6 Å². The molecule has 0 bridgehead atoms. The highest BCUT2D eigenvalue weighted by atomic mass is 16.5. The molecular weight excluding hydrogens is 264 g/mol. The fourth-order valence-electron chi connectivity index (χ4n) is 3.62. The standard InChI is InChI=1S/C17H30N2O2/c1-7-16(8-2)12(5)18-14(20-16)11-15-19-13(6)17(9-3,10-4)21-15/h12-13H,7-11H2,1-6H3/t12-,13-/m1/s1. The van der Waals surface area contributed by atoms with Crippen molar-refractivity contribution in [2.24, 2.45) is 9.98 Å². The summed E-state index contributed by atoms with van der Waals surface area (Å²) in [6.07, 6.45) is 4.52. The first-order valence-electron chi connectivity index (χ1n) is 8.46. The van der Waals surface area contributed by atoms with E-state index in [0.717, 1.165) is 37.5 Å². The average molecular weight is 294 g/mol. The third-order valence-electron chi connectivity index (χ3n) is 5.54. The third kappa shape index (κ3) is 2.69.